The predicted octanol–water partition coefficient (Wildman–Crippen LogP) is 2.60. The Kier molecular flexibility index (Phi) is 7.73. The van der Waals surface area contributed by atoms with Gasteiger partial charge in [-0.2, -0.15) is 11.8 Å². The third-order valence-electron chi connectivity index (χ3n) is 3.03. The van der Waals surface area contributed by atoms with Crippen LogP contribution in [-0.2, 0) is 16.6 Å². The maximum absolute atomic E-state index is 12.4. The number of thioether (sulfide) groups is 1. The number of hydrogen-bond acceptors (Lipinski definition) is 4. The lowest BCUT2D eigenvalue weighted by molar-refractivity contribution is 0.556. The van der Waals surface area contributed by atoms with E-state index >= 15 is 0 Å². The van der Waals surface area contributed by atoms with Gasteiger partial charge in [0, 0.05) is 18.6 Å². The van der Waals surface area contributed by atoms with Gasteiger partial charge in [0.05, 0.1) is 4.90 Å². The highest BCUT2D eigenvalue weighted by atomic mass is 32.2. The molecule has 0 radical (unpaired) electrons. The summed E-state index contributed by atoms with van der Waals surface area (Å²) in [6.45, 7) is 6.70. The van der Waals surface area contributed by atoms with E-state index in [4.69, 9.17) is 0 Å². The molecule has 0 aliphatic rings. The lowest BCUT2D eigenvalue weighted by Gasteiger charge is -2.14. The van der Waals surface area contributed by atoms with Crippen LogP contribution in [0.2, 0.25) is 0 Å². The second-order valence-corrected chi connectivity index (χ2v) is 8.19. The molecule has 1 rings (SSSR count). The van der Waals surface area contributed by atoms with Crippen LogP contribution in [0.5, 0.6) is 0 Å². The van der Waals surface area contributed by atoms with E-state index < -0.39 is 10.0 Å². The van der Waals surface area contributed by atoms with Crippen molar-refractivity contribution in [3.05, 3.63) is 29.8 Å². The summed E-state index contributed by atoms with van der Waals surface area (Å²) in [4.78, 5) is 0.335. The topological polar surface area (TPSA) is 58.2 Å². The van der Waals surface area contributed by atoms with Crippen LogP contribution >= 0.6 is 11.8 Å². The molecule has 4 nitrogen and oxygen atoms in total. The quantitative estimate of drug-likeness (QED) is 0.731. The molecule has 21 heavy (non-hydrogen) atoms. The van der Waals surface area contributed by atoms with Crippen molar-refractivity contribution in [2.24, 2.45) is 0 Å². The Morgan fingerprint density at radius 2 is 1.95 bits per heavy atom. The third kappa shape index (κ3) is 6.82. The Labute approximate surface area is 133 Å². The van der Waals surface area contributed by atoms with E-state index in [-0.39, 0.29) is 6.04 Å². The molecule has 1 unspecified atom stereocenters. The van der Waals surface area contributed by atoms with Crippen molar-refractivity contribution >= 4 is 21.8 Å². The molecular formula is C15H26N2O2S2. The monoisotopic (exact) mass is 330 g/mol. The summed E-state index contributed by atoms with van der Waals surface area (Å²) >= 11 is 1.72. The average Bonchev–Trinajstić information content (AvgIpc) is 2.43. The standard InChI is InChI=1S/C15H26N2O2S2/c1-12(2)16-11-14-6-5-7-15(10-14)21(18,19)17-13(3)8-9-20-4/h5-7,10,12-13,16-17H,8-9,11H2,1-4H3. The van der Waals surface area contributed by atoms with E-state index in [0.717, 1.165) is 17.7 Å². The highest BCUT2D eigenvalue weighted by Crippen LogP contribution is 2.13. The lowest BCUT2D eigenvalue weighted by Crippen LogP contribution is -2.33. The third-order valence-corrected chi connectivity index (χ3v) is 5.27. The summed E-state index contributed by atoms with van der Waals surface area (Å²) in [5.74, 6) is 0.946. The Morgan fingerprint density at radius 1 is 1.24 bits per heavy atom. The second-order valence-electron chi connectivity index (χ2n) is 5.49. The SMILES string of the molecule is CSCCC(C)NS(=O)(=O)c1cccc(CNC(C)C)c1. The molecule has 1 aromatic rings. The summed E-state index contributed by atoms with van der Waals surface area (Å²) < 4.78 is 27.5. The van der Waals surface area contributed by atoms with Crippen LogP contribution in [0.3, 0.4) is 0 Å². The Hall–Kier alpha value is -0.560. The molecule has 1 atom stereocenters. The largest absolute Gasteiger partial charge is 0.310 e. The summed E-state index contributed by atoms with van der Waals surface area (Å²) in [5, 5.41) is 3.29. The first-order valence-corrected chi connectivity index (χ1v) is 10.1. The van der Waals surface area contributed by atoms with Gasteiger partial charge in [-0.05, 0) is 43.0 Å². The van der Waals surface area contributed by atoms with Crippen molar-refractivity contribution < 1.29 is 8.42 Å². The molecule has 0 heterocycles. The van der Waals surface area contributed by atoms with E-state index in [9.17, 15) is 8.42 Å². The van der Waals surface area contributed by atoms with Crippen molar-refractivity contribution in [2.45, 2.75) is 50.7 Å². The van der Waals surface area contributed by atoms with Crippen LogP contribution in [0.25, 0.3) is 0 Å². The average molecular weight is 331 g/mol. The molecule has 0 spiro atoms. The molecule has 1 aromatic carbocycles. The minimum absolute atomic E-state index is 0.0557. The summed E-state index contributed by atoms with van der Waals surface area (Å²) in [6.07, 6.45) is 2.85. The molecule has 6 heteroatoms. The second kappa shape index (κ2) is 8.78. The fraction of sp³-hybridized carbons (Fsp3) is 0.600. The molecule has 2 N–H and O–H groups in total. The van der Waals surface area contributed by atoms with Gasteiger partial charge in [0.1, 0.15) is 0 Å². The molecule has 120 valence electrons. The predicted molar refractivity (Wildman–Crippen MR) is 91.2 cm³/mol. The van der Waals surface area contributed by atoms with Crippen LogP contribution in [0.15, 0.2) is 29.2 Å². The van der Waals surface area contributed by atoms with E-state index in [0.29, 0.717) is 17.5 Å². The van der Waals surface area contributed by atoms with Gasteiger partial charge in [-0.15, -0.1) is 0 Å². The first-order chi connectivity index (χ1) is 9.85. The van der Waals surface area contributed by atoms with Gasteiger partial charge in [0.2, 0.25) is 10.0 Å². The van der Waals surface area contributed by atoms with Crippen molar-refractivity contribution in [3.63, 3.8) is 0 Å². The first-order valence-electron chi connectivity index (χ1n) is 7.18. The number of hydrogen-bond donors (Lipinski definition) is 2. The smallest absolute Gasteiger partial charge is 0.240 e. The minimum Gasteiger partial charge on any atom is -0.310 e. The summed E-state index contributed by atoms with van der Waals surface area (Å²) in [5.41, 5.74) is 0.975. The molecule has 0 amide bonds. The van der Waals surface area contributed by atoms with Crippen LogP contribution in [-0.4, -0.2) is 32.5 Å². The molecule has 0 saturated heterocycles. The Balaban J connectivity index is 2.76. The van der Waals surface area contributed by atoms with Gasteiger partial charge in [0.25, 0.3) is 0 Å². The van der Waals surface area contributed by atoms with Crippen molar-refractivity contribution in [1.29, 1.82) is 0 Å². The molecule has 0 aliphatic heterocycles. The number of nitrogens with one attached hydrogen (secondary N) is 2. The lowest BCUT2D eigenvalue weighted by atomic mass is 10.2. The number of benzene rings is 1. The fourth-order valence-corrected chi connectivity index (χ4v) is 3.77. The molecule has 0 aromatic heterocycles. The van der Waals surface area contributed by atoms with E-state index in [1.54, 1.807) is 30.0 Å². The highest BCUT2D eigenvalue weighted by molar-refractivity contribution is 7.98. The van der Waals surface area contributed by atoms with Gasteiger partial charge in [-0.1, -0.05) is 26.0 Å². The highest BCUT2D eigenvalue weighted by Gasteiger charge is 2.17. The first kappa shape index (κ1) is 18.5. The molecule has 0 saturated carbocycles. The summed E-state index contributed by atoms with van der Waals surface area (Å²) in [7, 11) is -3.44. The number of rotatable bonds is 9. The van der Waals surface area contributed by atoms with Crippen molar-refractivity contribution in [2.75, 3.05) is 12.0 Å². The maximum Gasteiger partial charge on any atom is 0.240 e. The van der Waals surface area contributed by atoms with E-state index in [2.05, 4.69) is 23.9 Å². The zero-order valence-electron chi connectivity index (χ0n) is 13.2. The zero-order chi connectivity index (χ0) is 15.9. The van der Waals surface area contributed by atoms with E-state index in [1.807, 2.05) is 19.2 Å². The Bertz CT molecular complexity index is 530. The molecular weight excluding hydrogens is 304 g/mol. The van der Waals surface area contributed by atoms with Crippen LogP contribution < -0.4 is 10.0 Å². The maximum atomic E-state index is 12.4. The normalized spacial score (nSPS) is 13.6. The molecule has 0 fully saturated rings. The van der Waals surface area contributed by atoms with Gasteiger partial charge in [0.15, 0.2) is 0 Å². The summed E-state index contributed by atoms with van der Waals surface area (Å²) in [6, 6.07) is 7.42. The van der Waals surface area contributed by atoms with Crippen molar-refractivity contribution in [3.8, 4) is 0 Å². The van der Waals surface area contributed by atoms with Gasteiger partial charge < -0.3 is 5.32 Å². The van der Waals surface area contributed by atoms with Crippen molar-refractivity contribution in [1.82, 2.24) is 10.0 Å². The van der Waals surface area contributed by atoms with Crippen LogP contribution in [0.1, 0.15) is 32.8 Å². The van der Waals surface area contributed by atoms with Crippen LogP contribution in [0.4, 0.5) is 0 Å². The molecule has 0 aliphatic carbocycles. The Morgan fingerprint density at radius 3 is 2.57 bits per heavy atom. The van der Waals surface area contributed by atoms with Gasteiger partial charge in [-0.25, -0.2) is 13.1 Å². The number of sulfonamides is 1. The van der Waals surface area contributed by atoms with Gasteiger partial charge >= 0.3 is 0 Å². The van der Waals surface area contributed by atoms with Crippen LogP contribution in [0, 0.1) is 0 Å². The van der Waals surface area contributed by atoms with Gasteiger partial charge in [-0.3, -0.25) is 0 Å². The minimum atomic E-state index is -3.44. The zero-order valence-corrected chi connectivity index (χ0v) is 14.9. The molecule has 0 bridgehead atoms. The van der Waals surface area contributed by atoms with E-state index in [1.165, 1.54) is 0 Å². The fourth-order valence-electron chi connectivity index (χ4n) is 1.83.